The van der Waals surface area contributed by atoms with E-state index in [1.807, 2.05) is 11.8 Å². The summed E-state index contributed by atoms with van der Waals surface area (Å²) in [7, 11) is 0. The van der Waals surface area contributed by atoms with Crippen molar-refractivity contribution in [3.63, 3.8) is 0 Å². The summed E-state index contributed by atoms with van der Waals surface area (Å²) in [5, 5.41) is 3.89. The molecule has 1 saturated carbocycles. The maximum absolute atomic E-state index is 3.89. The number of hydrogen-bond acceptors (Lipinski definition) is 2. The third-order valence-electron chi connectivity index (χ3n) is 4.38. The van der Waals surface area contributed by atoms with Crippen LogP contribution in [0.1, 0.15) is 84.0 Å². The first-order valence-corrected chi connectivity index (χ1v) is 9.97. The molecule has 1 unspecified atom stereocenters. The molecule has 0 bridgehead atoms. The molecule has 0 saturated heterocycles. The fourth-order valence-electron chi connectivity index (χ4n) is 3.11. The van der Waals surface area contributed by atoms with Crippen LogP contribution in [-0.2, 0) is 0 Å². The molecule has 1 fully saturated rings. The first-order valence-electron chi connectivity index (χ1n) is 8.58. The maximum Gasteiger partial charge on any atom is 0.00695 e. The quantitative estimate of drug-likeness (QED) is 0.726. The molecule has 0 radical (unpaired) electrons. The van der Waals surface area contributed by atoms with Crippen LogP contribution in [-0.4, -0.2) is 24.1 Å². The van der Waals surface area contributed by atoms with Gasteiger partial charge in [-0.25, -0.2) is 0 Å². The number of nitrogens with one attached hydrogen (secondary N) is 1. The molecule has 2 heteroatoms. The predicted molar refractivity (Wildman–Crippen MR) is 90.2 cm³/mol. The molecule has 0 spiro atoms. The Bertz CT molecular complexity index is 184. The van der Waals surface area contributed by atoms with Gasteiger partial charge in [-0.15, -0.1) is 0 Å². The monoisotopic (exact) mass is 285 g/mol. The van der Waals surface area contributed by atoms with Crippen molar-refractivity contribution in [3.05, 3.63) is 0 Å². The van der Waals surface area contributed by atoms with Crippen LogP contribution in [0.2, 0.25) is 0 Å². The average Bonchev–Trinajstić information content (AvgIpc) is 2.39. The minimum Gasteiger partial charge on any atom is -0.311 e. The fraction of sp³-hybridized carbons (Fsp3) is 1.00. The Kier molecular flexibility index (Phi) is 11.0. The van der Waals surface area contributed by atoms with Crippen LogP contribution in [0.25, 0.3) is 0 Å². The van der Waals surface area contributed by atoms with Gasteiger partial charge in [0.25, 0.3) is 0 Å². The lowest BCUT2D eigenvalue weighted by Crippen LogP contribution is -2.37. The van der Waals surface area contributed by atoms with Gasteiger partial charge >= 0.3 is 0 Å². The SMILES string of the molecule is CSCCC(C)NC1CCCCCCCCCCC1. The normalized spacial score (nSPS) is 22.4. The van der Waals surface area contributed by atoms with E-state index in [0.717, 1.165) is 6.04 Å². The molecule has 0 aromatic rings. The lowest BCUT2D eigenvalue weighted by atomic mass is 9.97. The first-order chi connectivity index (χ1) is 9.33. The molecule has 19 heavy (non-hydrogen) atoms. The Labute approximate surface area is 125 Å². The molecule has 0 aliphatic heterocycles. The third-order valence-corrected chi connectivity index (χ3v) is 5.02. The van der Waals surface area contributed by atoms with Gasteiger partial charge in [0.1, 0.15) is 0 Å². The molecule has 1 N–H and O–H groups in total. The predicted octanol–water partition coefficient (Wildman–Crippen LogP) is 5.39. The molecule has 1 aliphatic rings. The van der Waals surface area contributed by atoms with Gasteiger partial charge in [0.15, 0.2) is 0 Å². The lowest BCUT2D eigenvalue weighted by molar-refractivity contribution is 0.368. The van der Waals surface area contributed by atoms with Crippen LogP contribution in [0.3, 0.4) is 0 Å². The zero-order chi connectivity index (χ0) is 13.8. The van der Waals surface area contributed by atoms with Gasteiger partial charge in [0, 0.05) is 12.1 Å². The highest BCUT2D eigenvalue weighted by Crippen LogP contribution is 2.17. The second-order valence-electron chi connectivity index (χ2n) is 6.31. The maximum atomic E-state index is 3.89. The number of hydrogen-bond donors (Lipinski definition) is 1. The smallest absolute Gasteiger partial charge is 0.00695 e. The van der Waals surface area contributed by atoms with E-state index < -0.39 is 0 Å². The molecule has 1 nitrogen and oxygen atoms in total. The molecule has 0 aromatic carbocycles. The molecule has 114 valence electrons. The zero-order valence-electron chi connectivity index (χ0n) is 13.3. The highest BCUT2D eigenvalue weighted by molar-refractivity contribution is 7.98. The van der Waals surface area contributed by atoms with E-state index in [4.69, 9.17) is 0 Å². The molecule has 1 rings (SSSR count). The van der Waals surface area contributed by atoms with Gasteiger partial charge in [0.05, 0.1) is 0 Å². The number of rotatable bonds is 5. The second kappa shape index (κ2) is 12.1. The summed E-state index contributed by atoms with van der Waals surface area (Å²) in [6.07, 6.45) is 19.5. The summed E-state index contributed by atoms with van der Waals surface area (Å²) in [5.74, 6) is 1.29. The van der Waals surface area contributed by atoms with Gasteiger partial charge in [-0.05, 0) is 38.2 Å². The van der Waals surface area contributed by atoms with Crippen LogP contribution >= 0.6 is 11.8 Å². The van der Waals surface area contributed by atoms with Crippen molar-refractivity contribution < 1.29 is 0 Å². The first kappa shape index (κ1) is 17.4. The molecule has 0 heterocycles. The molecular weight excluding hydrogens is 250 g/mol. The zero-order valence-corrected chi connectivity index (χ0v) is 14.1. The molecule has 0 aromatic heterocycles. The summed E-state index contributed by atoms with van der Waals surface area (Å²) in [4.78, 5) is 0. The van der Waals surface area contributed by atoms with Crippen LogP contribution in [0.5, 0.6) is 0 Å². The molecule has 0 amide bonds. The van der Waals surface area contributed by atoms with Gasteiger partial charge in [-0.2, -0.15) is 11.8 Å². The van der Waals surface area contributed by atoms with Gasteiger partial charge < -0.3 is 5.32 Å². The van der Waals surface area contributed by atoms with Crippen LogP contribution in [0, 0.1) is 0 Å². The van der Waals surface area contributed by atoms with Crippen molar-refractivity contribution in [2.75, 3.05) is 12.0 Å². The Morgan fingerprint density at radius 2 is 1.37 bits per heavy atom. The highest BCUT2D eigenvalue weighted by Gasteiger charge is 2.12. The van der Waals surface area contributed by atoms with Crippen molar-refractivity contribution in [1.29, 1.82) is 0 Å². The highest BCUT2D eigenvalue weighted by atomic mass is 32.2. The minimum absolute atomic E-state index is 0.699. The molecular formula is C17H35NS. The van der Waals surface area contributed by atoms with Crippen molar-refractivity contribution in [3.8, 4) is 0 Å². The summed E-state index contributed by atoms with van der Waals surface area (Å²) in [6.45, 7) is 2.37. The third kappa shape index (κ3) is 9.79. The van der Waals surface area contributed by atoms with Crippen LogP contribution < -0.4 is 5.32 Å². The van der Waals surface area contributed by atoms with E-state index in [1.54, 1.807) is 0 Å². The van der Waals surface area contributed by atoms with Crippen LogP contribution in [0.4, 0.5) is 0 Å². The van der Waals surface area contributed by atoms with E-state index in [1.165, 1.54) is 82.8 Å². The van der Waals surface area contributed by atoms with E-state index in [0.29, 0.717) is 6.04 Å². The van der Waals surface area contributed by atoms with Crippen LogP contribution in [0.15, 0.2) is 0 Å². The molecule has 1 aliphatic carbocycles. The standard InChI is InChI=1S/C17H35NS/c1-16(14-15-19-2)18-17-12-10-8-6-4-3-5-7-9-11-13-17/h16-18H,3-15H2,1-2H3. The summed E-state index contributed by atoms with van der Waals surface area (Å²) >= 11 is 1.97. The Hall–Kier alpha value is 0.310. The topological polar surface area (TPSA) is 12.0 Å². The van der Waals surface area contributed by atoms with Gasteiger partial charge in [0.2, 0.25) is 0 Å². The largest absolute Gasteiger partial charge is 0.311 e. The van der Waals surface area contributed by atoms with E-state index in [9.17, 15) is 0 Å². The second-order valence-corrected chi connectivity index (χ2v) is 7.29. The molecule has 1 atom stereocenters. The lowest BCUT2D eigenvalue weighted by Gasteiger charge is -2.24. The van der Waals surface area contributed by atoms with Crippen molar-refractivity contribution in [1.82, 2.24) is 5.32 Å². The van der Waals surface area contributed by atoms with Crippen molar-refractivity contribution >= 4 is 11.8 Å². The average molecular weight is 286 g/mol. The minimum atomic E-state index is 0.699. The van der Waals surface area contributed by atoms with Gasteiger partial charge in [-0.3, -0.25) is 0 Å². The van der Waals surface area contributed by atoms with Crippen molar-refractivity contribution in [2.45, 2.75) is 96.1 Å². The summed E-state index contributed by atoms with van der Waals surface area (Å²) in [6, 6.07) is 1.49. The van der Waals surface area contributed by atoms with Gasteiger partial charge in [-0.1, -0.05) is 57.8 Å². The van der Waals surface area contributed by atoms with E-state index >= 15 is 0 Å². The number of thioether (sulfide) groups is 1. The fourth-order valence-corrected chi connectivity index (χ4v) is 3.70. The Balaban J connectivity index is 2.25. The van der Waals surface area contributed by atoms with Crippen molar-refractivity contribution in [2.24, 2.45) is 0 Å². The van der Waals surface area contributed by atoms with E-state index in [2.05, 4.69) is 18.5 Å². The Morgan fingerprint density at radius 3 is 1.84 bits per heavy atom. The summed E-state index contributed by atoms with van der Waals surface area (Å²) < 4.78 is 0. The Morgan fingerprint density at radius 1 is 0.895 bits per heavy atom. The summed E-state index contributed by atoms with van der Waals surface area (Å²) in [5.41, 5.74) is 0. The van der Waals surface area contributed by atoms with E-state index in [-0.39, 0.29) is 0 Å².